The molecule has 0 spiro atoms. The highest BCUT2D eigenvalue weighted by molar-refractivity contribution is 7.99. The van der Waals surface area contributed by atoms with Gasteiger partial charge in [-0.2, -0.15) is 22.9 Å². The maximum Gasteiger partial charge on any atom is 0.453 e. The summed E-state index contributed by atoms with van der Waals surface area (Å²) in [5.74, 6) is 0.487. The molecule has 0 radical (unpaired) electrons. The van der Waals surface area contributed by atoms with Gasteiger partial charge in [-0.3, -0.25) is 0 Å². The minimum atomic E-state index is -4.68. The third-order valence-corrected chi connectivity index (χ3v) is 4.93. The average Bonchev–Trinajstić information content (AvgIpc) is 3.28. The number of nitrogens with zero attached hydrogens (tertiary/aromatic N) is 4. The van der Waals surface area contributed by atoms with E-state index in [4.69, 9.17) is 32.4 Å². The van der Waals surface area contributed by atoms with Crippen molar-refractivity contribution in [2.24, 2.45) is 5.10 Å². The van der Waals surface area contributed by atoms with Gasteiger partial charge in [-0.1, -0.05) is 41.9 Å². The summed E-state index contributed by atoms with van der Waals surface area (Å²) < 4.78 is 50.9. The molecule has 0 fully saturated rings. The van der Waals surface area contributed by atoms with E-state index in [-0.39, 0.29) is 17.5 Å². The van der Waals surface area contributed by atoms with Crippen LogP contribution < -0.4 is 4.74 Å². The van der Waals surface area contributed by atoms with Crippen molar-refractivity contribution < 1.29 is 22.3 Å². The lowest BCUT2D eigenvalue weighted by Crippen LogP contribution is -2.13. The Morgan fingerprint density at radius 3 is 2.69 bits per heavy atom. The van der Waals surface area contributed by atoms with Crippen molar-refractivity contribution in [3.8, 4) is 5.75 Å². The van der Waals surface area contributed by atoms with E-state index >= 15 is 0 Å². The molecule has 0 amide bonds. The van der Waals surface area contributed by atoms with Gasteiger partial charge in [0.15, 0.2) is 0 Å². The number of hydrogen-bond acceptors (Lipinski definition) is 6. The number of aromatic nitrogens is 3. The first-order chi connectivity index (χ1) is 13.8. The Labute approximate surface area is 177 Å². The first-order valence-electron chi connectivity index (χ1n) is 8.14. The number of rotatable bonds is 7. The van der Waals surface area contributed by atoms with E-state index in [9.17, 15) is 13.2 Å². The maximum atomic E-state index is 13.1. The lowest BCUT2D eigenvalue weighted by atomic mass is 10.3. The number of ether oxygens (including phenoxy) is 1. The van der Waals surface area contributed by atoms with E-state index < -0.39 is 12.0 Å². The highest BCUT2D eigenvalue weighted by Crippen LogP contribution is 2.30. The summed E-state index contributed by atoms with van der Waals surface area (Å²) in [7, 11) is 0. The van der Waals surface area contributed by atoms with Gasteiger partial charge in [-0.25, -0.2) is 0 Å². The molecular formula is C17H13Cl2F3N4O2S. The van der Waals surface area contributed by atoms with Gasteiger partial charge in [0.2, 0.25) is 5.16 Å². The molecular weight excluding hydrogens is 452 g/mol. The van der Waals surface area contributed by atoms with Gasteiger partial charge in [0.25, 0.3) is 5.82 Å². The average molecular weight is 465 g/mol. The second-order valence-corrected chi connectivity index (χ2v) is 7.51. The number of benzene rings is 1. The lowest BCUT2D eigenvalue weighted by Gasteiger charge is -2.06. The zero-order chi connectivity index (χ0) is 21.0. The van der Waals surface area contributed by atoms with Crippen LogP contribution >= 0.6 is 35.0 Å². The van der Waals surface area contributed by atoms with Gasteiger partial charge >= 0.3 is 6.18 Å². The molecule has 0 saturated carbocycles. The number of hydrogen-bond donors (Lipinski definition) is 0. The molecule has 0 aliphatic carbocycles. The van der Waals surface area contributed by atoms with Crippen LogP contribution in [-0.2, 0) is 12.8 Å². The lowest BCUT2D eigenvalue weighted by molar-refractivity contribution is -0.147. The normalized spacial score (nSPS) is 12.1. The van der Waals surface area contributed by atoms with E-state index in [0.29, 0.717) is 32.0 Å². The Hall–Kier alpha value is -2.17. The Morgan fingerprint density at radius 1 is 1.21 bits per heavy atom. The maximum absolute atomic E-state index is 13.1. The summed E-state index contributed by atoms with van der Waals surface area (Å²) in [4.78, 5) is 0. The largest absolute Gasteiger partial charge is 0.486 e. The van der Waals surface area contributed by atoms with Crippen LogP contribution in [-0.4, -0.2) is 26.8 Å². The van der Waals surface area contributed by atoms with Gasteiger partial charge in [-0.05, 0) is 30.0 Å². The van der Waals surface area contributed by atoms with Gasteiger partial charge < -0.3 is 9.15 Å². The highest BCUT2D eigenvalue weighted by Gasteiger charge is 2.38. The molecule has 2 heterocycles. The van der Waals surface area contributed by atoms with Crippen molar-refractivity contribution in [1.29, 1.82) is 0 Å². The molecule has 0 aliphatic rings. The summed E-state index contributed by atoms with van der Waals surface area (Å²) in [6.45, 7) is 1.87. The molecule has 0 bridgehead atoms. The van der Waals surface area contributed by atoms with Crippen LogP contribution in [0, 0.1) is 0 Å². The molecule has 3 aromatic rings. The van der Waals surface area contributed by atoms with E-state index in [2.05, 4.69) is 15.3 Å². The smallest absolute Gasteiger partial charge is 0.453 e. The van der Waals surface area contributed by atoms with Crippen LogP contribution in [0.3, 0.4) is 0 Å². The third-order valence-electron chi connectivity index (χ3n) is 3.39. The van der Waals surface area contributed by atoms with E-state index in [1.165, 1.54) is 0 Å². The molecule has 0 N–H and O–H groups in total. The summed E-state index contributed by atoms with van der Waals surface area (Å²) in [6.07, 6.45) is -3.53. The summed E-state index contributed by atoms with van der Waals surface area (Å²) >= 11 is 12.9. The standard InChI is InChI=1S/C17H13Cl2F3N4O2S/c1-2-29-16-25-24-15(17(20,21)22)26(16)23-8-11-3-4-12(28-11)9-27-10-5-6-13(18)14(19)7-10/h3-8H,2,9H2,1H3. The van der Waals surface area contributed by atoms with E-state index in [1.807, 2.05) is 0 Å². The molecule has 1 aromatic carbocycles. The zero-order valence-corrected chi connectivity index (χ0v) is 17.1. The number of halogens is 5. The summed E-state index contributed by atoms with van der Waals surface area (Å²) in [5.41, 5.74) is 0. The second kappa shape index (κ2) is 9.10. The molecule has 0 saturated heterocycles. The van der Waals surface area contributed by atoms with Crippen molar-refractivity contribution in [3.63, 3.8) is 0 Å². The van der Waals surface area contributed by atoms with Gasteiger partial charge in [-0.15, -0.1) is 10.2 Å². The molecule has 0 unspecified atom stereocenters. The van der Waals surface area contributed by atoms with Crippen LogP contribution in [0.4, 0.5) is 13.2 Å². The SMILES string of the molecule is CCSc1nnc(C(F)(F)F)n1N=Cc1ccc(COc2ccc(Cl)c(Cl)c2)o1. The zero-order valence-electron chi connectivity index (χ0n) is 14.8. The molecule has 2 aromatic heterocycles. The Bertz CT molecular complexity index is 1020. The fourth-order valence-electron chi connectivity index (χ4n) is 2.14. The monoisotopic (exact) mass is 464 g/mol. The Morgan fingerprint density at radius 2 is 2.00 bits per heavy atom. The van der Waals surface area contributed by atoms with E-state index in [0.717, 1.165) is 18.0 Å². The Balaban J connectivity index is 1.72. The summed E-state index contributed by atoms with van der Waals surface area (Å²) in [5, 5.41) is 11.3. The van der Waals surface area contributed by atoms with Crippen LogP contribution in [0.1, 0.15) is 24.3 Å². The first-order valence-corrected chi connectivity index (χ1v) is 9.88. The summed E-state index contributed by atoms with van der Waals surface area (Å²) in [6, 6.07) is 7.99. The molecule has 12 heteroatoms. The quantitative estimate of drug-likeness (QED) is 0.328. The van der Waals surface area contributed by atoms with Crippen LogP contribution in [0.2, 0.25) is 10.0 Å². The first kappa shape index (κ1) is 21.5. The van der Waals surface area contributed by atoms with Crippen molar-refractivity contribution in [2.75, 3.05) is 5.75 Å². The molecule has 6 nitrogen and oxygen atoms in total. The van der Waals surface area contributed by atoms with Crippen molar-refractivity contribution >= 4 is 41.2 Å². The minimum absolute atomic E-state index is 0.0332. The van der Waals surface area contributed by atoms with E-state index in [1.54, 1.807) is 37.3 Å². The Kier molecular flexibility index (Phi) is 6.76. The topological polar surface area (TPSA) is 65.4 Å². The minimum Gasteiger partial charge on any atom is -0.486 e. The molecule has 0 aliphatic heterocycles. The van der Waals surface area contributed by atoms with Crippen molar-refractivity contribution in [1.82, 2.24) is 14.9 Å². The molecule has 29 heavy (non-hydrogen) atoms. The number of thioether (sulfide) groups is 1. The third kappa shape index (κ3) is 5.46. The van der Waals surface area contributed by atoms with Crippen LogP contribution in [0.25, 0.3) is 0 Å². The molecule has 0 atom stereocenters. The van der Waals surface area contributed by atoms with Gasteiger partial charge in [0.05, 0.1) is 16.3 Å². The van der Waals surface area contributed by atoms with Gasteiger partial charge in [0, 0.05) is 6.07 Å². The fraction of sp³-hybridized carbons (Fsp3) is 0.235. The second-order valence-electron chi connectivity index (χ2n) is 5.46. The van der Waals surface area contributed by atoms with Crippen LogP contribution in [0.5, 0.6) is 5.75 Å². The predicted octanol–water partition coefficient (Wildman–Crippen LogP) is 5.77. The van der Waals surface area contributed by atoms with Crippen molar-refractivity contribution in [2.45, 2.75) is 24.9 Å². The molecule has 154 valence electrons. The molecule has 3 rings (SSSR count). The fourth-order valence-corrected chi connectivity index (χ4v) is 3.04. The predicted molar refractivity (Wildman–Crippen MR) is 104 cm³/mol. The highest BCUT2D eigenvalue weighted by atomic mass is 35.5. The van der Waals surface area contributed by atoms with Gasteiger partial charge in [0.1, 0.15) is 23.9 Å². The van der Waals surface area contributed by atoms with Crippen molar-refractivity contribution in [3.05, 3.63) is 57.7 Å². The van der Waals surface area contributed by atoms with Crippen LogP contribution in [0.15, 0.2) is 45.0 Å². The number of furan rings is 1. The number of alkyl halides is 3.